The number of carbonyl (C=O) groups excluding carboxylic acids is 1. The second kappa shape index (κ2) is 7.66. The summed E-state index contributed by atoms with van der Waals surface area (Å²) in [4.78, 5) is 24.2. The summed E-state index contributed by atoms with van der Waals surface area (Å²) in [5, 5.41) is 0. The minimum Gasteiger partial charge on any atom is -0.340 e. The van der Waals surface area contributed by atoms with Crippen molar-refractivity contribution in [2.75, 3.05) is 39.3 Å². The average molecular weight is 333 g/mol. The molecule has 2 fully saturated rings. The normalized spacial score (nSPS) is 23.8. The molecule has 2 aliphatic heterocycles. The number of hydrogen-bond donors (Lipinski definition) is 0. The standard InChI is InChI=1S/C18H31N5O/c1-15(2)23-7-4-5-16(13-23)18(24)22-11-9-21(10-12-22)14-17-19-6-8-20(17)3/h6,8,15-16H,4-5,7,9-14H2,1-3H3/t16-/m0/s1. The first-order valence-electron chi connectivity index (χ1n) is 9.26. The highest BCUT2D eigenvalue weighted by Gasteiger charge is 2.31. The molecule has 2 saturated heterocycles. The molecule has 3 heterocycles. The van der Waals surface area contributed by atoms with Crippen molar-refractivity contribution in [3.63, 3.8) is 0 Å². The van der Waals surface area contributed by atoms with Crippen LogP contribution in [0, 0.1) is 5.92 Å². The minimum absolute atomic E-state index is 0.197. The molecule has 0 unspecified atom stereocenters. The molecule has 3 rings (SSSR count). The zero-order chi connectivity index (χ0) is 17.1. The van der Waals surface area contributed by atoms with E-state index in [0.29, 0.717) is 11.9 Å². The number of carbonyl (C=O) groups is 1. The second-order valence-electron chi connectivity index (χ2n) is 7.48. The molecule has 1 aromatic rings. The van der Waals surface area contributed by atoms with Gasteiger partial charge in [-0.25, -0.2) is 4.98 Å². The van der Waals surface area contributed by atoms with E-state index in [1.54, 1.807) is 0 Å². The van der Waals surface area contributed by atoms with Crippen molar-refractivity contribution in [3.8, 4) is 0 Å². The van der Waals surface area contributed by atoms with Crippen LogP contribution in [0.2, 0.25) is 0 Å². The van der Waals surface area contributed by atoms with Crippen molar-refractivity contribution in [3.05, 3.63) is 18.2 Å². The number of hydrogen-bond acceptors (Lipinski definition) is 4. The number of imidazole rings is 1. The first kappa shape index (κ1) is 17.4. The molecule has 0 spiro atoms. The van der Waals surface area contributed by atoms with E-state index in [0.717, 1.165) is 64.5 Å². The van der Waals surface area contributed by atoms with Crippen molar-refractivity contribution in [2.24, 2.45) is 13.0 Å². The highest BCUT2D eigenvalue weighted by molar-refractivity contribution is 5.79. The highest BCUT2D eigenvalue weighted by Crippen LogP contribution is 2.21. The van der Waals surface area contributed by atoms with Crippen LogP contribution in [0.3, 0.4) is 0 Å². The van der Waals surface area contributed by atoms with Crippen LogP contribution in [0.4, 0.5) is 0 Å². The fraction of sp³-hybridized carbons (Fsp3) is 0.778. The van der Waals surface area contributed by atoms with E-state index in [9.17, 15) is 4.79 Å². The van der Waals surface area contributed by atoms with E-state index in [-0.39, 0.29) is 5.92 Å². The van der Waals surface area contributed by atoms with Crippen LogP contribution in [-0.2, 0) is 18.4 Å². The third kappa shape index (κ3) is 3.98. The Morgan fingerprint density at radius 2 is 2.00 bits per heavy atom. The lowest BCUT2D eigenvalue weighted by Gasteiger charge is -2.39. The van der Waals surface area contributed by atoms with Crippen LogP contribution in [0.1, 0.15) is 32.5 Å². The van der Waals surface area contributed by atoms with Crippen LogP contribution < -0.4 is 0 Å². The van der Waals surface area contributed by atoms with Crippen LogP contribution in [0.25, 0.3) is 0 Å². The van der Waals surface area contributed by atoms with Gasteiger partial charge in [0, 0.05) is 58.2 Å². The maximum absolute atomic E-state index is 12.9. The first-order chi connectivity index (χ1) is 11.5. The number of amides is 1. The number of aromatic nitrogens is 2. The van der Waals surface area contributed by atoms with Gasteiger partial charge in [-0.2, -0.15) is 0 Å². The van der Waals surface area contributed by atoms with Crippen LogP contribution in [0.15, 0.2) is 12.4 Å². The van der Waals surface area contributed by atoms with Crippen molar-refractivity contribution in [2.45, 2.75) is 39.3 Å². The second-order valence-corrected chi connectivity index (χ2v) is 7.48. The first-order valence-corrected chi connectivity index (χ1v) is 9.26. The lowest BCUT2D eigenvalue weighted by molar-refractivity contribution is -0.139. The van der Waals surface area contributed by atoms with Gasteiger partial charge in [0.15, 0.2) is 0 Å². The molecular formula is C18H31N5O. The molecule has 24 heavy (non-hydrogen) atoms. The molecule has 6 heteroatoms. The number of aryl methyl sites for hydroxylation is 1. The molecular weight excluding hydrogens is 302 g/mol. The molecule has 2 aliphatic rings. The summed E-state index contributed by atoms with van der Waals surface area (Å²) >= 11 is 0. The fourth-order valence-corrected chi connectivity index (χ4v) is 3.81. The van der Waals surface area contributed by atoms with Crippen LogP contribution >= 0.6 is 0 Å². The maximum atomic E-state index is 12.9. The highest BCUT2D eigenvalue weighted by atomic mass is 16.2. The van der Waals surface area contributed by atoms with Crippen molar-refractivity contribution < 1.29 is 4.79 Å². The number of piperidine rings is 1. The molecule has 6 nitrogen and oxygen atoms in total. The van der Waals surface area contributed by atoms with Crippen molar-refractivity contribution >= 4 is 5.91 Å². The summed E-state index contributed by atoms with van der Waals surface area (Å²) in [7, 11) is 2.03. The van der Waals surface area contributed by atoms with Crippen molar-refractivity contribution in [1.82, 2.24) is 24.3 Å². The van der Waals surface area contributed by atoms with Gasteiger partial charge in [0.2, 0.25) is 5.91 Å². The fourth-order valence-electron chi connectivity index (χ4n) is 3.81. The molecule has 0 N–H and O–H groups in total. The number of piperazine rings is 1. The zero-order valence-electron chi connectivity index (χ0n) is 15.3. The Hall–Kier alpha value is -1.40. The summed E-state index contributed by atoms with van der Waals surface area (Å²) in [5.74, 6) is 1.66. The van der Waals surface area contributed by atoms with Gasteiger partial charge in [0.25, 0.3) is 0 Å². The Bertz CT molecular complexity index is 547. The van der Waals surface area contributed by atoms with Crippen molar-refractivity contribution in [1.29, 1.82) is 0 Å². The molecule has 1 aromatic heterocycles. The smallest absolute Gasteiger partial charge is 0.227 e. The summed E-state index contributed by atoms with van der Waals surface area (Å²) in [6.07, 6.45) is 6.03. The third-order valence-electron chi connectivity index (χ3n) is 5.50. The molecule has 134 valence electrons. The summed E-state index contributed by atoms with van der Waals surface area (Å²) in [6, 6.07) is 0.537. The predicted molar refractivity (Wildman–Crippen MR) is 94.5 cm³/mol. The van der Waals surface area contributed by atoms with E-state index in [1.165, 1.54) is 0 Å². The number of rotatable bonds is 4. The van der Waals surface area contributed by atoms with E-state index in [2.05, 4.69) is 38.1 Å². The SMILES string of the molecule is CC(C)N1CCC[C@H](C(=O)N2CCN(Cc3nccn3C)CC2)C1. The van der Waals surface area contributed by atoms with E-state index < -0.39 is 0 Å². The largest absolute Gasteiger partial charge is 0.340 e. The minimum atomic E-state index is 0.197. The molecule has 1 amide bonds. The van der Waals surface area contributed by atoms with Gasteiger partial charge < -0.3 is 14.4 Å². The quantitative estimate of drug-likeness (QED) is 0.830. The average Bonchev–Trinajstić information content (AvgIpc) is 3.00. The molecule has 0 radical (unpaired) electrons. The van der Waals surface area contributed by atoms with Gasteiger partial charge in [-0.1, -0.05) is 0 Å². The van der Waals surface area contributed by atoms with Gasteiger partial charge in [-0.15, -0.1) is 0 Å². The molecule has 0 bridgehead atoms. The lowest BCUT2D eigenvalue weighted by Crippen LogP contribution is -2.52. The molecule has 0 saturated carbocycles. The Balaban J connectivity index is 1.49. The van der Waals surface area contributed by atoms with Gasteiger partial charge in [-0.3, -0.25) is 9.69 Å². The molecule has 0 aliphatic carbocycles. The number of likely N-dealkylation sites (tertiary alicyclic amines) is 1. The van der Waals surface area contributed by atoms with E-state index >= 15 is 0 Å². The third-order valence-corrected chi connectivity index (χ3v) is 5.50. The maximum Gasteiger partial charge on any atom is 0.227 e. The zero-order valence-corrected chi connectivity index (χ0v) is 15.3. The Morgan fingerprint density at radius 1 is 1.25 bits per heavy atom. The summed E-state index contributed by atoms with van der Waals surface area (Å²) in [5.41, 5.74) is 0. The summed E-state index contributed by atoms with van der Waals surface area (Å²) < 4.78 is 2.07. The van der Waals surface area contributed by atoms with Crippen LogP contribution in [-0.4, -0.2) is 75.5 Å². The van der Waals surface area contributed by atoms with E-state index in [4.69, 9.17) is 0 Å². The summed E-state index contributed by atoms with van der Waals surface area (Å²) in [6.45, 7) is 11.0. The predicted octanol–water partition coefficient (Wildman–Crippen LogP) is 1.18. The monoisotopic (exact) mass is 333 g/mol. The Labute approximate surface area is 145 Å². The Kier molecular flexibility index (Phi) is 5.56. The number of nitrogens with zero attached hydrogens (tertiary/aromatic N) is 5. The topological polar surface area (TPSA) is 44.6 Å². The van der Waals surface area contributed by atoms with E-state index in [1.807, 2.05) is 19.4 Å². The van der Waals surface area contributed by atoms with Gasteiger partial charge in [-0.05, 0) is 33.2 Å². The van der Waals surface area contributed by atoms with Gasteiger partial charge >= 0.3 is 0 Å². The van der Waals surface area contributed by atoms with Gasteiger partial charge in [0.05, 0.1) is 12.5 Å². The molecule has 0 aromatic carbocycles. The van der Waals surface area contributed by atoms with Gasteiger partial charge in [0.1, 0.15) is 5.82 Å². The molecule has 1 atom stereocenters. The lowest BCUT2D eigenvalue weighted by atomic mass is 9.95. The Morgan fingerprint density at radius 3 is 2.62 bits per heavy atom. The van der Waals surface area contributed by atoms with Crippen LogP contribution in [0.5, 0.6) is 0 Å².